The van der Waals surface area contributed by atoms with Gasteiger partial charge in [0.25, 0.3) is 0 Å². The number of benzene rings is 1. The summed E-state index contributed by atoms with van der Waals surface area (Å²) in [7, 11) is 0. The predicted molar refractivity (Wildman–Crippen MR) is 60.3 cm³/mol. The molecule has 1 aromatic rings. The van der Waals surface area contributed by atoms with Crippen molar-refractivity contribution in [3.05, 3.63) is 29.3 Å². The van der Waals surface area contributed by atoms with Crippen LogP contribution in [-0.2, 0) is 17.6 Å². The third-order valence-electron chi connectivity index (χ3n) is 3.60. The number of aryl methyl sites for hydroxylation is 1. The summed E-state index contributed by atoms with van der Waals surface area (Å²) in [5, 5.41) is 0. The average Bonchev–Trinajstić information content (AvgIpc) is 2.61. The Kier molecular flexibility index (Phi) is 2.01. The first-order valence-corrected chi connectivity index (χ1v) is 5.71. The van der Waals surface area contributed by atoms with Crippen LogP contribution in [0.25, 0.3) is 0 Å². The third kappa shape index (κ3) is 1.28. The van der Waals surface area contributed by atoms with E-state index in [1.165, 1.54) is 29.7 Å². The van der Waals surface area contributed by atoms with Gasteiger partial charge < -0.3 is 9.69 Å². The second-order valence-corrected chi connectivity index (χ2v) is 4.48. The number of nitrogens with zero attached hydrogens (tertiary/aromatic N) is 1. The van der Waals surface area contributed by atoms with Gasteiger partial charge in [0.2, 0.25) is 0 Å². The van der Waals surface area contributed by atoms with E-state index in [9.17, 15) is 4.79 Å². The number of para-hydroxylation sites is 1. The van der Waals surface area contributed by atoms with E-state index in [-0.39, 0.29) is 0 Å². The van der Waals surface area contributed by atoms with E-state index < -0.39 is 0 Å². The van der Waals surface area contributed by atoms with E-state index in [4.69, 9.17) is 0 Å². The Hall–Kier alpha value is -1.31. The number of hydrogen-bond acceptors (Lipinski definition) is 2. The van der Waals surface area contributed by atoms with E-state index in [2.05, 4.69) is 23.1 Å². The van der Waals surface area contributed by atoms with Crippen molar-refractivity contribution in [3.63, 3.8) is 0 Å². The predicted octanol–water partition coefficient (Wildman–Crippen LogP) is 1.95. The molecule has 0 amide bonds. The lowest BCUT2D eigenvalue weighted by Crippen LogP contribution is -2.35. The largest absolute Gasteiger partial charge is 0.367 e. The fraction of sp³-hybridized carbons (Fsp3) is 0.462. The van der Waals surface area contributed by atoms with Crippen LogP contribution in [0.1, 0.15) is 24.0 Å². The molecule has 0 radical (unpaired) electrons. The van der Waals surface area contributed by atoms with E-state index in [1.54, 1.807) is 0 Å². The van der Waals surface area contributed by atoms with Crippen LogP contribution in [0.2, 0.25) is 0 Å². The van der Waals surface area contributed by atoms with Crippen LogP contribution in [0.4, 0.5) is 5.69 Å². The first-order valence-electron chi connectivity index (χ1n) is 5.71. The standard InChI is InChI=1S/C13H15NO/c15-8-6-12-9-11-4-1-3-10-5-2-7-14(12)13(10)11/h1,3-4,8,12H,2,5-7,9H2. The molecule has 0 aromatic heterocycles. The van der Waals surface area contributed by atoms with Gasteiger partial charge in [-0.2, -0.15) is 0 Å². The molecule has 3 rings (SSSR count). The molecule has 1 atom stereocenters. The lowest BCUT2D eigenvalue weighted by Gasteiger charge is -2.31. The van der Waals surface area contributed by atoms with Crippen LogP contribution >= 0.6 is 0 Å². The highest BCUT2D eigenvalue weighted by molar-refractivity contribution is 5.67. The van der Waals surface area contributed by atoms with Gasteiger partial charge in [-0.25, -0.2) is 0 Å². The van der Waals surface area contributed by atoms with E-state index in [1.807, 2.05) is 0 Å². The van der Waals surface area contributed by atoms with Crippen LogP contribution in [0.5, 0.6) is 0 Å². The van der Waals surface area contributed by atoms with E-state index in [0.29, 0.717) is 12.5 Å². The maximum atomic E-state index is 10.6. The lowest BCUT2D eigenvalue weighted by molar-refractivity contribution is -0.108. The van der Waals surface area contributed by atoms with Gasteiger partial charge in [0.05, 0.1) is 0 Å². The number of hydrogen-bond donors (Lipinski definition) is 0. The third-order valence-corrected chi connectivity index (χ3v) is 3.60. The molecule has 2 heteroatoms. The maximum Gasteiger partial charge on any atom is 0.122 e. The summed E-state index contributed by atoms with van der Waals surface area (Å²) in [4.78, 5) is 13.1. The first kappa shape index (κ1) is 8.96. The van der Waals surface area contributed by atoms with Crippen molar-refractivity contribution in [3.8, 4) is 0 Å². The monoisotopic (exact) mass is 201 g/mol. The molecule has 1 unspecified atom stereocenters. The lowest BCUT2D eigenvalue weighted by atomic mass is 10.0. The van der Waals surface area contributed by atoms with Crippen LogP contribution in [0.15, 0.2) is 18.2 Å². The Labute approximate surface area is 89.9 Å². The molecule has 2 aliphatic rings. The van der Waals surface area contributed by atoms with Gasteiger partial charge in [-0.05, 0) is 30.4 Å². The zero-order chi connectivity index (χ0) is 10.3. The molecule has 15 heavy (non-hydrogen) atoms. The number of anilines is 1. The smallest absolute Gasteiger partial charge is 0.122 e. The Balaban J connectivity index is 2.04. The number of rotatable bonds is 2. The SMILES string of the molecule is O=CCC1Cc2cccc3c2N1CCC3. The van der Waals surface area contributed by atoms with Crippen molar-refractivity contribution in [2.24, 2.45) is 0 Å². The highest BCUT2D eigenvalue weighted by Crippen LogP contribution is 2.39. The number of carbonyl (C=O) groups excluding carboxylic acids is 1. The molecule has 0 saturated heterocycles. The topological polar surface area (TPSA) is 20.3 Å². The number of carbonyl (C=O) groups is 1. The zero-order valence-electron chi connectivity index (χ0n) is 8.78. The summed E-state index contributed by atoms with van der Waals surface area (Å²) in [6.07, 6.45) is 5.22. The Morgan fingerprint density at radius 2 is 2.27 bits per heavy atom. The van der Waals surface area contributed by atoms with Gasteiger partial charge in [-0.3, -0.25) is 0 Å². The molecule has 0 N–H and O–H groups in total. The zero-order valence-corrected chi connectivity index (χ0v) is 8.78. The molecule has 0 spiro atoms. The van der Waals surface area contributed by atoms with Crippen LogP contribution in [0, 0.1) is 0 Å². The Bertz CT molecular complexity index is 400. The summed E-state index contributed by atoms with van der Waals surface area (Å²) < 4.78 is 0. The van der Waals surface area contributed by atoms with Crippen molar-refractivity contribution in [1.29, 1.82) is 0 Å². The minimum absolute atomic E-state index is 0.430. The molecule has 0 fully saturated rings. The summed E-state index contributed by atoms with van der Waals surface area (Å²) in [6, 6.07) is 7.02. The first-order chi connectivity index (χ1) is 7.40. The summed E-state index contributed by atoms with van der Waals surface area (Å²) in [6.45, 7) is 1.13. The highest BCUT2D eigenvalue weighted by Gasteiger charge is 2.32. The van der Waals surface area contributed by atoms with Gasteiger partial charge in [-0.1, -0.05) is 18.2 Å². The summed E-state index contributed by atoms with van der Waals surface area (Å²) >= 11 is 0. The van der Waals surface area contributed by atoms with Crippen molar-refractivity contribution in [2.45, 2.75) is 31.7 Å². The molecule has 0 aliphatic carbocycles. The van der Waals surface area contributed by atoms with Gasteiger partial charge in [0.1, 0.15) is 6.29 Å². The van der Waals surface area contributed by atoms with Gasteiger partial charge in [0, 0.05) is 24.7 Å². The Morgan fingerprint density at radius 1 is 1.40 bits per heavy atom. The van der Waals surface area contributed by atoms with Crippen molar-refractivity contribution in [2.75, 3.05) is 11.4 Å². The normalized spacial score (nSPS) is 22.7. The van der Waals surface area contributed by atoms with Crippen LogP contribution in [-0.4, -0.2) is 18.9 Å². The highest BCUT2D eigenvalue weighted by atomic mass is 16.1. The van der Waals surface area contributed by atoms with E-state index >= 15 is 0 Å². The maximum absolute atomic E-state index is 10.6. The van der Waals surface area contributed by atoms with Crippen molar-refractivity contribution in [1.82, 2.24) is 0 Å². The quantitative estimate of drug-likeness (QED) is 0.682. The second-order valence-electron chi connectivity index (χ2n) is 4.48. The van der Waals surface area contributed by atoms with E-state index in [0.717, 1.165) is 19.3 Å². The molecular weight excluding hydrogens is 186 g/mol. The Morgan fingerprint density at radius 3 is 3.13 bits per heavy atom. The number of aldehydes is 1. The fourth-order valence-electron chi connectivity index (χ4n) is 2.98. The minimum Gasteiger partial charge on any atom is -0.367 e. The molecule has 0 saturated carbocycles. The minimum atomic E-state index is 0.430. The average molecular weight is 201 g/mol. The van der Waals surface area contributed by atoms with Gasteiger partial charge in [-0.15, -0.1) is 0 Å². The van der Waals surface area contributed by atoms with Crippen LogP contribution < -0.4 is 4.90 Å². The molecule has 0 bridgehead atoms. The second kappa shape index (κ2) is 3.37. The fourth-order valence-corrected chi connectivity index (χ4v) is 2.98. The van der Waals surface area contributed by atoms with Crippen molar-refractivity contribution < 1.29 is 4.79 Å². The molecule has 1 aromatic carbocycles. The molecule has 2 nitrogen and oxygen atoms in total. The van der Waals surface area contributed by atoms with Gasteiger partial charge >= 0.3 is 0 Å². The molecule has 78 valence electrons. The summed E-state index contributed by atoms with van der Waals surface area (Å²) in [5.41, 5.74) is 4.36. The molecular formula is C13H15NO. The molecule has 2 aliphatic heterocycles. The van der Waals surface area contributed by atoms with Crippen LogP contribution in [0.3, 0.4) is 0 Å². The van der Waals surface area contributed by atoms with Crippen molar-refractivity contribution >= 4 is 12.0 Å². The summed E-state index contributed by atoms with van der Waals surface area (Å²) in [5.74, 6) is 0. The molecule has 2 heterocycles. The van der Waals surface area contributed by atoms with Gasteiger partial charge in [0.15, 0.2) is 0 Å².